The molecule has 1 aromatic heterocycles. The van der Waals surface area contributed by atoms with E-state index in [2.05, 4.69) is 0 Å². The minimum atomic E-state index is -1.80. The van der Waals surface area contributed by atoms with E-state index in [0.29, 0.717) is 0 Å². The Balaban J connectivity index is 1.87. The SMILES string of the molecule is COc1cc(-c2cc(=O)c3c(O)c([C@@H]4OC(CO)[C@@H](O)[C@H](O)C4O)c(O)cc3o2)cc(OC)c1O. The van der Waals surface area contributed by atoms with Gasteiger partial charge in [0, 0.05) is 17.7 Å². The molecule has 12 nitrogen and oxygen atoms in total. The third kappa shape index (κ3) is 4.00. The van der Waals surface area contributed by atoms with Crippen LogP contribution >= 0.6 is 0 Å². The first-order valence-corrected chi connectivity index (χ1v) is 10.4. The van der Waals surface area contributed by atoms with Crippen molar-refractivity contribution in [3.63, 3.8) is 0 Å². The van der Waals surface area contributed by atoms with Crippen LogP contribution in [0.2, 0.25) is 0 Å². The number of phenols is 3. The van der Waals surface area contributed by atoms with E-state index >= 15 is 0 Å². The van der Waals surface area contributed by atoms with Gasteiger partial charge in [0.05, 0.1) is 26.4 Å². The second-order valence-electron chi connectivity index (χ2n) is 7.98. The van der Waals surface area contributed by atoms with Crippen LogP contribution in [0.25, 0.3) is 22.3 Å². The monoisotopic (exact) mass is 492 g/mol. The van der Waals surface area contributed by atoms with E-state index < -0.39 is 59.6 Å². The van der Waals surface area contributed by atoms with Gasteiger partial charge >= 0.3 is 0 Å². The lowest BCUT2D eigenvalue weighted by molar-refractivity contribution is -0.232. The van der Waals surface area contributed by atoms with Gasteiger partial charge in [0.25, 0.3) is 0 Å². The van der Waals surface area contributed by atoms with Crippen LogP contribution in [-0.4, -0.2) is 81.0 Å². The fourth-order valence-electron chi connectivity index (χ4n) is 4.10. The quantitative estimate of drug-likeness (QED) is 0.254. The number of benzene rings is 2. The summed E-state index contributed by atoms with van der Waals surface area (Å²) in [6, 6.07) is 4.86. The zero-order valence-corrected chi connectivity index (χ0v) is 18.6. The third-order valence-corrected chi connectivity index (χ3v) is 5.95. The molecule has 2 heterocycles. The summed E-state index contributed by atoms with van der Waals surface area (Å²) in [5.41, 5.74) is -1.09. The molecule has 0 spiro atoms. The lowest BCUT2D eigenvalue weighted by Crippen LogP contribution is -2.55. The zero-order valence-electron chi connectivity index (χ0n) is 18.6. The highest BCUT2D eigenvalue weighted by Crippen LogP contribution is 2.45. The number of aromatic hydroxyl groups is 3. The largest absolute Gasteiger partial charge is 0.507 e. The molecule has 2 unspecified atom stereocenters. The highest BCUT2D eigenvalue weighted by atomic mass is 16.5. The maximum absolute atomic E-state index is 13.0. The van der Waals surface area contributed by atoms with Crippen molar-refractivity contribution in [3.8, 4) is 40.1 Å². The number of methoxy groups -OCH3 is 2. The van der Waals surface area contributed by atoms with Crippen molar-refractivity contribution < 1.29 is 54.4 Å². The Labute approximate surface area is 197 Å². The van der Waals surface area contributed by atoms with Crippen molar-refractivity contribution in [3.05, 3.63) is 40.1 Å². The molecule has 0 radical (unpaired) electrons. The van der Waals surface area contributed by atoms with Crippen LogP contribution in [0.4, 0.5) is 0 Å². The standard InChI is InChI=1S/C23H24O12/c1-32-13-3-8(4-14(33-2)18(13)27)11-5-9(25)16-12(34-11)6-10(26)17(20(16)29)23-22(31)21(30)19(28)15(7-24)35-23/h3-6,15,19,21-24,26-31H,7H2,1-2H3/t15?,19-,21+,22?,23+/m1/s1. The first kappa shape index (κ1) is 24.6. The van der Waals surface area contributed by atoms with Gasteiger partial charge in [0.15, 0.2) is 16.9 Å². The maximum Gasteiger partial charge on any atom is 0.200 e. The Morgan fingerprint density at radius 1 is 0.886 bits per heavy atom. The molecule has 5 atom stereocenters. The molecule has 0 amide bonds. The highest BCUT2D eigenvalue weighted by molar-refractivity contribution is 5.88. The van der Waals surface area contributed by atoms with E-state index in [1.807, 2.05) is 0 Å². The molecule has 1 aliphatic rings. The molecule has 0 saturated carbocycles. The van der Waals surface area contributed by atoms with Gasteiger partial charge in [0.2, 0.25) is 5.75 Å². The van der Waals surface area contributed by atoms with Crippen LogP contribution < -0.4 is 14.9 Å². The molecule has 188 valence electrons. The fraction of sp³-hybridized carbons (Fsp3) is 0.348. The number of aliphatic hydroxyl groups excluding tert-OH is 4. The van der Waals surface area contributed by atoms with Crippen molar-refractivity contribution in [2.75, 3.05) is 20.8 Å². The van der Waals surface area contributed by atoms with Crippen molar-refractivity contribution in [1.29, 1.82) is 0 Å². The molecule has 1 aliphatic heterocycles. The molecular formula is C23H24O12. The van der Waals surface area contributed by atoms with E-state index in [4.69, 9.17) is 18.6 Å². The van der Waals surface area contributed by atoms with Gasteiger partial charge in [-0.2, -0.15) is 0 Å². The second kappa shape index (κ2) is 9.24. The minimum absolute atomic E-state index is 0.00140. The first-order chi connectivity index (χ1) is 16.6. The van der Waals surface area contributed by atoms with Crippen molar-refractivity contribution in [2.45, 2.75) is 30.5 Å². The number of rotatable bonds is 5. The fourth-order valence-corrected chi connectivity index (χ4v) is 4.10. The summed E-state index contributed by atoms with van der Waals surface area (Å²) in [6.07, 6.45) is -8.10. The van der Waals surface area contributed by atoms with Crippen LogP contribution in [0.3, 0.4) is 0 Å². The Morgan fingerprint density at radius 3 is 2.09 bits per heavy atom. The van der Waals surface area contributed by atoms with Crippen molar-refractivity contribution >= 4 is 11.0 Å². The number of phenolic OH excluding ortho intramolecular Hbond substituents is 3. The molecule has 4 rings (SSSR count). The molecule has 35 heavy (non-hydrogen) atoms. The number of aliphatic hydroxyl groups is 4. The van der Waals surface area contributed by atoms with Crippen LogP contribution in [0.1, 0.15) is 11.7 Å². The normalized spacial score (nSPS) is 24.5. The molecule has 3 aromatic rings. The zero-order chi connectivity index (χ0) is 25.6. The minimum Gasteiger partial charge on any atom is -0.507 e. The van der Waals surface area contributed by atoms with E-state index in [1.54, 1.807) is 0 Å². The highest BCUT2D eigenvalue weighted by Gasteiger charge is 2.46. The maximum atomic E-state index is 13.0. The third-order valence-electron chi connectivity index (χ3n) is 5.95. The van der Waals surface area contributed by atoms with Gasteiger partial charge in [-0.25, -0.2) is 0 Å². The van der Waals surface area contributed by atoms with Crippen LogP contribution in [-0.2, 0) is 4.74 Å². The van der Waals surface area contributed by atoms with Gasteiger partial charge in [-0.1, -0.05) is 0 Å². The van der Waals surface area contributed by atoms with Gasteiger partial charge < -0.3 is 54.4 Å². The lowest BCUT2D eigenvalue weighted by Gasteiger charge is -2.40. The number of hydrogen-bond acceptors (Lipinski definition) is 12. The Morgan fingerprint density at radius 2 is 1.51 bits per heavy atom. The van der Waals surface area contributed by atoms with Crippen molar-refractivity contribution in [2.24, 2.45) is 0 Å². The molecule has 7 N–H and O–H groups in total. The summed E-state index contributed by atoms with van der Waals surface area (Å²) in [5, 5.41) is 71.1. The topological polar surface area (TPSA) is 200 Å². The second-order valence-corrected chi connectivity index (χ2v) is 7.98. The molecule has 1 fully saturated rings. The Kier molecular flexibility index (Phi) is 6.49. The summed E-state index contributed by atoms with van der Waals surface area (Å²) >= 11 is 0. The summed E-state index contributed by atoms with van der Waals surface area (Å²) in [4.78, 5) is 13.0. The smallest absolute Gasteiger partial charge is 0.200 e. The Bertz CT molecular complexity index is 1290. The average molecular weight is 492 g/mol. The number of fused-ring (bicyclic) bond motifs is 1. The predicted octanol–water partition coefficient (Wildman–Crippen LogP) is 0.109. The Hall–Kier alpha value is -3.55. The van der Waals surface area contributed by atoms with Gasteiger partial charge in [0.1, 0.15) is 58.7 Å². The predicted molar refractivity (Wildman–Crippen MR) is 119 cm³/mol. The van der Waals surface area contributed by atoms with Gasteiger partial charge in [-0.3, -0.25) is 4.79 Å². The van der Waals surface area contributed by atoms with Crippen LogP contribution in [0.15, 0.2) is 33.5 Å². The van der Waals surface area contributed by atoms with Gasteiger partial charge in [-0.15, -0.1) is 0 Å². The van der Waals surface area contributed by atoms with Crippen molar-refractivity contribution in [1.82, 2.24) is 0 Å². The molecule has 12 heteroatoms. The summed E-state index contributed by atoms with van der Waals surface area (Å²) in [6.45, 7) is -0.721. The number of ether oxygens (including phenoxy) is 3. The lowest BCUT2D eigenvalue weighted by atomic mass is 9.89. The molecule has 2 aromatic carbocycles. The van der Waals surface area contributed by atoms with E-state index in [9.17, 15) is 40.5 Å². The summed E-state index contributed by atoms with van der Waals surface area (Å²) in [5.74, 6) is -1.58. The summed E-state index contributed by atoms with van der Waals surface area (Å²) in [7, 11) is 2.65. The van der Waals surface area contributed by atoms with E-state index in [1.165, 1.54) is 26.4 Å². The molecule has 1 saturated heterocycles. The van der Waals surface area contributed by atoms with E-state index in [0.717, 1.165) is 12.1 Å². The van der Waals surface area contributed by atoms with Gasteiger partial charge in [-0.05, 0) is 12.1 Å². The first-order valence-electron chi connectivity index (χ1n) is 10.4. The number of hydrogen-bond donors (Lipinski definition) is 7. The average Bonchev–Trinajstić information content (AvgIpc) is 2.83. The molecule has 0 aliphatic carbocycles. The molecule has 0 bridgehead atoms. The van der Waals surface area contributed by atoms with Crippen LogP contribution in [0.5, 0.6) is 28.7 Å². The van der Waals surface area contributed by atoms with E-state index in [-0.39, 0.29) is 39.5 Å². The molecular weight excluding hydrogens is 468 g/mol. The van der Waals surface area contributed by atoms with Crippen LogP contribution in [0, 0.1) is 0 Å². The summed E-state index contributed by atoms with van der Waals surface area (Å²) < 4.78 is 21.4.